The molecule has 2 aromatic heterocycles. The third kappa shape index (κ3) is 5.82. The molecule has 3 nitrogen and oxygen atoms in total. The second-order valence-corrected chi connectivity index (χ2v) is 15.7. The first-order valence-electron chi connectivity index (χ1n) is 20.8. The van der Waals surface area contributed by atoms with Crippen molar-refractivity contribution in [1.29, 1.82) is 0 Å². The molecule has 0 aliphatic carbocycles. The van der Waals surface area contributed by atoms with Gasteiger partial charge in [0.25, 0.3) is 0 Å². The number of aromatic nitrogens is 1. The zero-order valence-electron chi connectivity index (χ0n) is 33.2. The summed E-state index contributed by atoms with van der Waals surface area (Å²) in [6.07, 6.45) is 0. The highest BCUT2D eigenvalue weighted by molar-refractivity contribution is 6.11. The summed E-state index contributed by atoms with van der Waals surface area (Å²) in [5.74, 6) is 0. The maximum absolute atomic E-state index is 6.47. The number of nitrogens with zero attached hydrogens (tertiary/aromatic N) is 2. The van der Waals surface area contributed by atoms with E-state index < -0.39 is 0 Å². The fourth-order valence-electron chi connectivity index (χ4n) is 9.36. The molecule has 0 fully saturated rings. The van der Waals surface area contributed by atoms with E-state index in [-0.39, 0.29) is 0 Å². The molecule has 3 heteroatoms. The molecule has 0 aliphatic rings. The van der Waals surface area contributed by atoms with Crippen molar-refractivity contribution in [3.63, 3.8) is 0 Å². The largest absolute Gasteiger partial charge is 0.455 e. The van der Waals surface area contributed by atoms with Crippen molar-refractivity contribution < 1.29 is 4.42 Å². The van der Waals surface area contributed by atoms with Crippen molar-refractivity contribution >= 4 is 71.6 Å². The molecule has 0 radical (unpaired) electrons. The first kappa shape index (κ1) is 34.9. The van der Waals surface area contributed by atoms with Crippen molar-refractivity contribution in [2.45, 2.75) is 0 Å². The van der Waals surface area contributed by atoms with Gasteiger partial charge in [0.05, 0.1) is 16.7 Å². The Kier molecular flexibility index (Phi) is 8.17. The molecule has 0 N–H and O–H groups in total. The summed E-state index contributed by atoms with van der Waals surface area (Å²) in [7, 11) is 0. The Morgan fingerprint density at radius 2 is 0.852 bits per heavy atom. The molecule has 10 aromatic carbocycles. The summed E-state index contributed by atoms with van der Waals surface area (Å²) < 4.78 is 8.91. The van der Waals surface area contributed by atoms with Crippen LogP contribution in [0.15, 0.2) is 235 Å². The van der Waals surface area contributed by atoms with E-state index in [9.17, 15) is 0 Å². The number of anilines is 3. The minimum atomic E-state index is 0.901. The molecule has 0 aliphatic heterocycles. The maximum Gasteiger partial charge on any atom is 0.143 e. The number of hydrogen-bond acceptors (Lipinski definition) is 2. The molecule has 0 amide bonds. The molecule has 0 saturated heterocycles. The number of para-hydroxylation sites is 4. The van der Waals surface area contributed by atoms with Crippen LogP contribution in [0.2, 0.25) is 0 Å². The molecule has 0 bridgehead atoms. The average molecular weight is 779 g/mol. The number of fused-ring (bicyclic) bond motifs is 7. The summed E-state index contributed by atoms with van der Waals surface area (Å²) in [5.41, 5.74) is 15.4. The van der Waals surface area contributed by atoms with Crippen LogP contribution in [0.1, 0.15) is 0 Å². The second-order valence-electron chi connectivity index (χ2n) is 15.7. The maximum atomic E-state index is 6.47. The SMILES string of the molecule is c1ccc(-c2ccc(N(c3ccc(-c4cccc5c4oc4ccccc45)cc3)c3ccc(-n4c5ccccc5c5ccccc54)c(-c4cccc5ccccc45)c3)cc2)cc1. The average Bonchev–Trinajstić information content (AvgIpc) is 3.88. The highest BCUT2D eigenvalue weighted by Gasteiger charge is 2.21. The van der Waals surface area contributed by atoms with E-state index in [1.807, 2.05) is 12.1 Å². The first-order chi connectivity index (χ1) is 30.3. The fourth-order valence-corrected chi connectivity index (χ4v) is 9.36. The minimum absolute atomic E-state index is 0.901. The van der Waals surface area contributed by atoms with Crippen LogP contribution in [0.5, 0.6) is 0 Å². The lowest BCUT2D eigenvalue weighted by molar-refractivity contribution is 0.670. The van der Waals surface area contributed by atoms with Crippen LogP contribution >= 0.6 is 0 Å². The Labute approximate surface area is 353 Å². The van der Waals surface area contributed by atoms with Gasteiger partial charge in [-0.2, -0.15) is 0 Å². The zero-order chi connectivity index (χ0) is 40.3. The van der Waals surface area contributed by atoms with Crippen LogP contribution in [0.25, 0.3) is 93.6 Å². The Morgan fingerprint density at radius 3 is 1.59 bits per heavy atom. The quantitative estimate of drug-likeness (QED) is 0.161. The standard InChI is InChI=1S/C58H38N2O/c1-2-14-39(15-3-1)40-28-32-43(33-29-40)59(44-34-30-42(31-35-44)47-22-13-24-52-51-21-8-11-27-57(51)61-58(47)52)45-36-37-56(53(38-45)48-23-12-17-41-16-4-5-18-46(41)48)60-54-25-9-6-19-49(54)50-20-7-10-26-55(50)60/h1-38H. The van der Waals surface area contributed by atoms with Crippen molar-refractivity contribution in [3.05, 3.63) is 231 Å². The Bertz CT molecular complexity index is 3520. The van der Waals surface area contributed by atoms with E-state index in [1.54, 1.807) is 0 Å². The van der Waals surface area contributed by atoms with E-state index in [0.717, 1.165) is 61.4 Å². The molecule has 0 atom stereocenters. The van der Waals surface area contributed by atoms with Crippen molar-refractivity contribution in [2.24, 2.45) is 0 Å². The predicted octanol–water partition coefficient (Wildman–Crippen LogP) is 16.3. The molecule has 0 spiro atoms. The van der Waals surface area contributed by atoms with Crippen LogP contribution in [0.3, 0.4) is 0 Å². The van der Waals surface area contributed by atoms with Crippen LogP contribution in [0, 0.1) is 0 Å². The summed E-state index contributed by atoms with van der Waals surface area (Å²) in [6.45, 7) is 0. The minimum Gasteiger partial charge on any atom is -0.455 e. The van der Waals surface area contributed by atoms with Crippen LogP contribution in [-0.2, 0) is 0 Å². The number of furan rings is 1. The fraction of sp³-hybridized carbons (Fsp3) is 0. The van der Waals surface area contributed by atoms with Gasteiger partial charge in [0.1, 0.15) is 11.2 Å². The number of rotatable bonds is 7. The zero-order valence-corrected chi connectivity index (χ0v) is 33.2. The number of hydrogen-bond donors (Lipinski definition) is 0. The molecule has 12 aromatic rings. The first-order valence-corrected chi connectivity index (χ1v) is 20.8. The van der Waals surface area contributed by atoms with Gasteiger partial charge in [-0.05, 0) is 93.7 Å². The molecular weight excluding hydrogens is 741 g/mol. The van der Waals surface area contributed by atoms with Gasteiger partial charge in [-0.3, -0.25) is 0 Å². The van der Waals surface area contributed by atoms with Gasteiger partial charge in [-0.15, -0.1) is 0 Å². The van der Waals surface area contributed by atoms with Crippen molar-refractivity contribution in [3.8, 4) is 39.1 Å². The smallest absolute Gasteiger partial charge is 0.143 e. The molecule has 2 heterocycles. The lowest BCUT2D eigenvalue weighted by Gasteiger charge is -2.27. The molecule has 0 unspecified atom stereocenters. The third-order valence-electron chi connectivity index (χ3n) is 12.2. The Balaban J connectivity index is 1.07. The lowest BCUT2D eigenvalue weighted by atomic mass is 9.95. The van der Waals surface area contributed by atoms with Gasteiger partial charge in [0, 0.05) is 49.7 Å². The van der Waals surface area contributed by atoms with Gasteiger partial charge in [-0.25, -0.2) is 0 Å². The van der Waals surface area contributed by atoms with E-state index in [0.29, 0.717) is 0 Å². The number of benzene rings is 10. The Hall–Kier alpha value is -8.14. The van der Waals surface area contributed by atoms with E-state index in [4.69, 9.17) is 4.42 Å². The summed E-state index contributed by atoms with van der Waals surface area (Å²) in [4.78, 5) is 2.38. The molecule has 12 rings (SSSR count). The molecule has 61 heavy (non-hydrogen) atoms. The summed E-state index contributed by atoms with van der Waals surface area (Å²) in [5, 5.41) is 7.16. The monoisotopic (exact) mass is 778 g/mol. The second kappa shape index (κ2) is 14.3. The third-order valence-corrected chi connectivity index (χ3v) is 12.2. The van der Waals surface area contributed by atoms with Crippen LogP contribution < -0.4 is 4.90 Å². The van der Waals surface area contributed by atoms with Crippen LogP contribution in [-0.4, -0.2) is 4.57 Å². The predicted molar refractivity (Wildman–Crippen MR) is 257 cm³/mol. The van der Waals surface area contributed by atoms with Gasteiger partial charge in [-0.1, -0.05) is 170 Å². The van der Waals surface area contributed by atoms with E-state index >= 15 is 0 Å². The Morgan fingerprint density at radius 1 is 0.328 bits per heavy atom. The van der Waals surface area contributed by atoms with Gasteiger partial charge in [0.15, 0.2) is 0 Å². The molecule has 0 saturated carbocycles. The van der Waals surface area contributed by atoms with Gasteiger partial charge >= 0.3 is 0 Å². The van der Waals surface area contributed by atoms with E-state index in [1.165, 1.54) is 49.3 Å². The summed E-state index contributed by atoms with van der Waals surface area (Å²) >= 11 is 0. The normalized spacial score (nSPS) is 11.6. The summed E-state index contributed by atoms with van der Waals surface area (Å²) in [6, 6.07) is 83.0. The van der Waals surface area contributed by atoms with Crippen LogP contribution in [0.4, 0.5) is 17.1 Å². The molecule has 286 valence electrons. The van der Waals surface area contributed by atoms with E-state index in [2.05, 4.69) is 228 Å². The highest BCUT2D eigenvalue weighted by atomic mass is 16.3. The van der Waals surface area contributed by atoms with Gasteiger partial charge < -0.3 is 13.9 Å². The van der Waals surface area contributed by atoms with Crippen molar-refractivity contribution in [2.75, 3.05) is 4.90 Å². The van der Waals surface area contributed by atoms with Gasteiger partial charge in [0.2, 0.25) is 0 Å². The lowest BCUT2D eigenvalue weighted by Crippen LogP contribution is -2.11. The highest BCUT2D eigenvalue weighted by Crippen LogP contribution is 2.44. The van der Waals surface area contributed by atoms with Crippen molar-refractivity contribution in [1.82, 2.24) is 4.57 Å². The topological polar surface area (TPSA) is 21.3 Å². The molecular formula is C58H38N2O.